The summed E-state index contributed by atoms with van der Waals surface area (Å²) in [5.74, 6) is -1.72. The standard InChI is InChI=1S/C17H23ClN2O6S/c1-5-20(6-2)15(21)10-19(3)16(22)11-26-17(23)13-9-12(27(4,24)25)7-8-14(13)18/h7-9H,5-6,10-11H2,1-4H3. The van der Waals surface area contributed by atoms with Gasteiger partial charge in [0.15, 0.2) is 16.4 Å². The number of amides is 2. The van der Waals surface area contributed by atoms with Crippen LogP contribution in [0.25, 0.3) is 0 Å². The minimum absolute atomic E-state index is 0.00455. The van der Waals surface area contributed by atoms with E-state index in [1.165, 1.54) is 19.2 Å². The summed E-state index contributed by atoms with van der Waals surface area (Å²) in [6.07, 6.45) is 0.997. The zero-order chi connectivity index (χ0) is 20.8. The molecule has 0 heterocycles. The molecule has 0 aliphatic rings. The summed E-state index contributed by atoms with van der Waals surface area (Å²) in [4.78, 5) is 38.9. The minimum Gasteiger partial charge on any atom is -0.452 e. The molecule has 0 saturated carbocycles. The Morgan fingerprint density at radius 2 is 1.70 bits per heavy atom. The monoisotopic (exact) mass is 418 g/mol. The van der Waals surface area contributed by atoms with Gasteiger partial charge in [-0.15, -0.1) is 0 Å². The van der Waals surface area contributed by atoms with Crippen LogP contribution in [0.1, 0.15) is 24.2 Å². The van der Waals surface area contributed by atoms with Crippen molar-refractivity contribution in [2.24, 2.45) is 0 Å². The van der Waals surface area contributed by atoms with E-state index in [4.69, 9.17) is 16.3 Å². The first-order chi connectivity index (χ1) is 12.5. The van der Waals surface area contributed by atoms with E-state index in [0.717, 1.165) is 17.2 Å². The zero-order valence-corrected chi connectivity index (χ0v) is 17.3. The molecule has 0 radical (unpaired) electrons. The number of likely N-dealkylation sites (N-methyl/N-ethyl adjacent to an activating group) is 2. The van der Waals surface area contributed by atoms with E-state index in [1.807, 2.05) is 13.8 Å². The summed E-state index contributed by atoms with van der Waals surface area (Å²) >= 11 is 5.91. The summed E-state index contributed by atoms with van der Waals surface area (Å²) in [7, 11) is -2.11. The predicted octanol–water partition coefficient (Wildman–Crippen LogP) is 1.23. The highest BCUT2D eigenvalue weighted by Crippen LogP contribution is 2.21. The van der Waals surface area contributed by atoms with Crippen molar-refractivity contribution in [1.29, 1.82) is 0 Å². The van der Waals surface area contributed by atoms with Crippen molar-refractivity contribution in [1.82, 2.24) is 9.80 Å². The second-order valence-corrected chi connectivity index (χ2v) is 8.23. The van der Waals surface area contributed by atoms with Gasteiger partial charge in [0, 0.05) is 26.4 Å². The van der Waals surface area contributed by atoms with Crippen molar-refractivity contribution >= 4 is 39.2 Å². The van der Waals surface area contributed by atoms with Crippen molar-refractivity contribution in [3.8, 4) is 0 Å². The number of sulfone groups is 1. The Labute approximate surface area is 163 Å². The Bertz CT molecular complexity index is 821. The van der Waals surface area contributed by atoms with Gasteiger partial charge in [0.2, 0.25) is 5.91 Å². The van der Waals surface area contributed by atoms with Crippen molar-refractivity contribution in [2.75, 3.05) is 39.5 Å². The van der Waals surface area contributed by atoms with Gasteiger partial charge in [-0.05, 0) is 32.0 Å². The van der Waals surface area contributed by atoms with Crippen LogP contribution in [0, 0.1) is 0 Å². The quantitative estimate of drug-likeness (QED) is 0.588. The van der Waals surface area contributed by atoms with E-state index < -0.39 is 28.3 Å². The van der Waals surface area contributed by atoms with E-state index in [-0.39, 0.29) is 27.9 Å². The van der Waals surface area contributed by atoms with E-state index in [9.17, 15) is 22.8 Å². The van der Waals surface area contributed by atoms with Crippen LogP contribution in [-0.2, 0) is 24.2 Å². The van der Waals surface area contributed by atoms with Crippen LogP contribution in [0.4, 0.5) is 0 Å². The molecule has 0 saturated heterocycles. The van der Waals surface area contributed by atoms with Crippen LogP contribution < -0.4 is 0 Å². The fraction of sp³-hybridized carbons (Fsp3) is 0.471. The van der Waals surface area contributed by atoms with Gasteiger partial charge < -0.3 is 14.5 Å². The molecule has 0 N–H and O–H groups in total. The first-order valence-electron chi connectivity index (χ1n) is 8.19. The fourth-order valence-corrected chi connectivity index (χ4v) is 3.02. The third-order valence-electron chi connectivity index (χ3n) is 3.83. The number of carbonyl (C=O) groups is 3. The van der Waals surface area contributed by atoms with E-state index in [0.29, 0.717) is 13.1 Å². The maximum Gasteiger partial charge on any atom is 0.340 e. The average molecular weight is 419 g/mol. The lowest BCUT2D eigenvalue weighted by Gasteiger charge is -2.23. The Balaban J connectivity index is 2.74. The minimum atomic E-state index is -3.53. The number of benzene rings is 1. The Hall–Kier alpha value is -2.13. The molecule has 0 atom stereocenters. The number of ether oxygens (including phenoxy) is 1. The van der Waals surface area contributed by atoms with E-state index in [2.05, 4.69) is 0 Å². The summed E-state index contributed by atoms with van der Waals surface area (Å²) < 4.78 is 28.1. The molecule has 0 bridgehead atoms. The second kappa shape index (κ2) is 9.70. The number of nitrogens with zero attached hydrogens (tertiary/aromatic N) is 2. The molecule has 27 heavy (non-hydrogen) atoms. The molecule has 0 unspecified atom stereocenters. The van der Waals surface area contributed by atoms with Crippen molar-refractivity contribution < 1.29 is 27.5 Å². The van der Waals surface area contributed by atoms with Crippen LogP contribution in [0.15, 0.2) is 23.1 Å². The molecule has 8 nitrogen and oxygen atoms in total. The molecule has 1 aromatic rings. The molecule has 0 fully saturated rings. The molecule has 1 rings (SSSR count). The second-order valence-electron chi connectivity index (χ2n) is 5.81. The number of esters is 1. The van der Waals surface area contributed by atoms with E-state index in [1.54, 1.807) is 4.90 Å². The lowest BCUT2D eigenvalue weighted by atomic mass is 10.2. The van der Waals surface area contributed by atoms with E-state index >= 15 is 0 Å². The molecular formula is C17H23ClN2O6S. The van der Waals surface area contributed by atoms with Gasteiger partial charge in [0.25, 0.3) is 5.91 Å². The maximum absolute atomic E-state index is 12.1. The third kappa shape index (κ3) is 6.51. The summed E-state index contributed by atoms with van der Waals surface area (Å²) in [6, 6.07) is 3.63. The lowest BCUT2D eigenvalue weighted by Crippen LogP contribution is -2.42. The van der Waals surface area contributed by atoms with Gasteiger partial charge in [0.1, 0.15) is 0 Å². The lowest BCUT2D eigenvalue weighted by molar-refractivity contribution is -0.140. The smallest absolute Gasteiger partial charge is 0.340 e. The summed E-state index contributed by atoms with van der Waals surface area (Å²) in [5.41, 5.74) is -0.158. The highest BCUT2D eigenvalue weighted by Gasteiger charge is 2.20. The highest BCUT2D eigenvalue weighted by atomic mass is 35.5. The summed E-state index contributed by atoms with van der Waals surface area (Å²) in [5, 5.41) is 0.00455. The zero-order valence-electron chi connectivity index (χ0n) is 15.7. The molecule has 0 spiro atoms. The number of carbonyl (C=O) groups excluding carboxylic acids is 3. The molecule has 10 heteroatoms. The Morgan fingerprint density at radius 1 is 1.11 bits per heavy atom. The van der Waals surface area contributed by atoms with Gasteiger partial charge in [-0.3, -0.25) is 9.59 Å². The topological polar surface area (TPSA) is 101 Å². The highest BCUT2D eigenvalue weighted by molar-refractivity contribution is 7.90. The normalized spacial score (nSPS) is 11.0. The maximum atomic E-state index is 12.1. The number of hydrogen-bond acceptors (Lipinski definition) is 6. The molecule has 0 aromatic heterocycles. The molecule has 150 valence electrons. The van der Waals surface area contributed by atoms with Crippen molar-refractivity contribution in [3.63, 3.8) is 0 Å². The largest absolute Gasteiger partial charge is 0.452 e. The van der Waals surface area contributed by atoms with Crippen LogP contribution in [0.5, 0.6) is 0 Å². The number of rotatable bonds is 8. The fourth-order valence-electron chi connectivity index (χ4n) is 2.17. The first kappa shape index (κ1) is 22.9. The SMILES string of the molecule is CCN(CC)C(=O)CN(C)C(=O)COC(=O)c1cc(S(C)(=O)=O)ccc1Cl. The van der Waals surface area contributed by atoms with Crippen LogP contribution in [-0.4, -0.2) is 75.5 Å². The predicted molar refractivity (Wildman–Crippen MR) is 100 cm³/mol. The average Bonchev–Trinajstić information content (AvgIpc) is 2.59. The van der Waals surface area contributed by atoms with Gasteiger partial charge in [-0.1, -0.05) is 11.6 Å². The van der Waals surface area contributed by atoms with Gasteiger partial charge in [-0.25, -0.2) is 13.2 Å². The van der Waals surface area contributed by atoms with Crippen LogP contribution in [0.2, 0.25) is 5.02 Å². The van der Waals surface area contributed by atoms with Gasteiger partial charge in [-0.2, -0.15) is 0 Å². The van der Waals surface area contributed by atoms with Crippen molar-refractivity contribution in [2.45, 2.75) is 18.7 Å². The Morgan fingerprint density at radius 3 is 2.22 bits per heavy atom. The van der Waals surface area contributed by atoms with Crippen molar-refractivity contribution in [3.05, 3.63) is 28.8 Å². The van der Waals surface area contributed by atoms with Gasteiger partial charge in [0.05, 0.1) is 22.0 Å². The van der Waals surface area contributed by atoms with Crippen LogP contribution in [0.3, 0.4) is 0 Å². The molecule has 0 aliphatic carbocycles. The number of halogens is 1. The summed E-state index contributed by atoms with van der Waals surface area (Å²) in [6.45, 7) is 3.99. The molecule has 0 aliphatic heterocycles. The third-order valence-corrected chi connectivity index (χ3v) is 5.27. The molecular weight excluding hydrogens is 396 g/mol. The van der Waals surface area contributed by atoms with Gasteiger partial charge >= 0.3 is 5.97 Å². The van der Waals surface area contributed by atoms with Crippen LogP contribution >= 0.6 is 11.6 Å². The molecule has 2 amide bonds. The molecule has 1 aromatic carbocycles. The number of hydrogen-bond donors (Lipinski definition) is 0. The first-order valence-corrected chi connectivity index (χ1v) is 10.5. The Kier molecular flexibility index (Phi) is 8.23.